The Morgan fingerprint density at radius 3 is 2.94 bits per heavy atom. The molecule has 1 aromatic carbocycles. The molecular weight excluding hydrogens is 206 g/mol. The molecule has 0 spiro atoms. The van der Waals surface area contributed by atoms with Gasteiger partial charge in [0.1, 0.15) is 12.4 Å². The lowest BCUT2D eigenvalue weighted by Crippen LogP contribution is -2.38. The Bertz CT molecular complexity index is 415. The zero-order valence-corrected chi connectivity index (χ0v) is 9.36. The lowest BCUT2D eigenvalue weighted by molar-refractivity contribution is -0.138. The van der Waals surface area contributed by atoms with Gasteiger partial charge < -0.3 is 15.2 Å². The van der Waals surface area contributed by atoms with Gasteiger partial charge in [-0.25, -0.2) is 4.79 Å². The standard InChI is InChI=1S/C12H15NO3/c1-7(2)8-3-4-11-9(5-8)13-10(6-16-11)12(14)15/h3-5,7,10,13H,6H2,1-2H3,(H,14,15). The highest BCUT2D eigenvalue weighted by molar-refractivity contribution is 5.79. The van der Waals surface area contributed by atoms with Crippen molar-refractivity contribution in [2.75, 3.05) is 11.9 Å². The number of fused-ring (bicyclic) bond motifs is 1. The van der Waals surface area contributed by atoms with Gasteiger partial charge in [0.25, 0.3) is 0 Å². The first-order valence-corrected chi connectivity index (χ1v) is 5.34. The van der Waals surface area contributed by atoms with E-state index < -0.39 is 12.0 Å². The number of rotatable bonds is 2. The SMILES string of the molecule is CC(C)c1ccc2c(c1)NC(C(=O)O)CO2. The van der Waals surface area contributed by atoms with E-state index in [2.05, 4.69) is 19.2 Å². The zero-order valence-electron chi connectivity index (χ0n) is 9.36. The van der Waals surface area contributed by atoms with E-state index in [1.165, 1.54) is 5.56 Å². The molecule has 16 heavy (non-hydrogen) atoms. The molecule has 0 aliphatic carbocycles. The van der Waals surface area contributed by atoms with Crippen molar-refractivity contribution in [1.82, 2.24) is 0 Å². The van der Waals surface area contributed by atoms with E-state index in [9.17, 15) is 4.79 Å². The summed E-state index contributed by atoms with van der Waals surface area (Å²) in [6.07, 6.45) is 0. The molecule has 0 amide bonds. The molecule has 2 N–H and O–H groups in total. The number of carbonyl (C=O) groups is 1. The Morgan fingerprint density at radius 2 is 2.31 bits per heavy atom. The number of carboxylic acid groups (broad SMARTS) is 1. The zero-order chi connectivity index (χ0) is 11.7. The average molecular weight is 221 g/mol. The molecule has 1 aliphatic heterocycles. The number of ether oxygens (including phenoxy) is 1. The van der Waals surface area contributed by atoms with Crippen LogP contribution in [-0.2, 0) is 4.79 Å². The van der Waals surface area contributed by atoms with Crippen LogP contribution < -0.4 is 10.1 Å². The van der Waals surface area contributed by atoms with Crippen LogP contribution in [0.15, 0.2) is 18.2 Å². The molecule has 1 aromatic rings. The minimum absolute atomic E-state index is 0.170. The van der Waals surface area contributed by atoms with Crippen LogP contribution in [-0.4, -0.2) is 23.7 Å². The van der Waals surface area contributed by atoms with Crippen molar-refractivity contribution in [2.24, 2.45) is 0 Å². The Labute approximate surface area is 94.2 Å². The summed E-state index contributed by atoms with van der Waals surface area (Å²) in [5, 5.41) is 11.9. The third-order valence-electron chi connectivity index (χ3n) is 2.70. The van der Waals surface area contributed by atoms with Crippen molar-refractivity contribution < 1.29 is 14.6 Å². The first-order valence-electron chi connectivity index (χ1n) is 5.34. The van der Waals surface area contributed by atoms with E-state index in [4.69, 9.17) is 9.84 Å². The Balaban J connectivity index is 2.28. The molecule has 1 aliphatic rings. The highest BCUT2D eigenvalue weighted by Gasteiger charge is 2.24. The van der Waals surface area contributed by atoms with Crippen LogP contribution in [0.2, 0.25) is 0 Å². The fourth-order valence-corrected chi connectivity index (χ4v) is 1.68. The second-order valence-electron chi connectivity index (χ2n) is 4.26. The first-order chi connectivity index (χ1) is 7.58. The second-order valence-corrected chi connectivity index (χ2v) is 4.26. The predicted molar refractivity (Wildman–Crippen MR) is 61.1 cm³/mol. The van der Waals surface area contributed by atoms with E-state index in [-0.39, 0.29) is 6.61 Å². The monoisotopic (exact) mass is 221 g/mol. The number of hydrogen-bond donors (Lipinski definition) is 2. The first kappa shape index (κ1) is 10.8. The molecule has 0 saturated heterocycles. The van der Waals surface area contributed by atoms with E-state index in [0.29, 0.717) is 5.92 Å². The summed E-state index contributed by atoms with van der Waals surface area (Å²) in [5.41, 5.74) is 1.94. The highest BCUT2D eigenvalue weighted by atomic mass is 16.5. The van der Waals surface area contributed by atoms with Crippen LogP contribution in [0.5, 0.6) is 5.75 Å². The fourth-order valence-electron chi connectivity index (χ4n) is 1.68. The third kappa shape index (κ3) is 1.96. The van der Waals surface area contributed by atoms with Crippen LogP contribution in [0.3, 0.4) is 0 Å². The van der Waals surface area contributed by atoms with E-state index in [1.807, 2.05) is 18.2 Å². The number of aliphatic carboxylic acids is 1. The smallest absolute Gasteiger partial charge is 0.329 e. The summed E-state index contributed by atoms with van der Waals surface area (Å²) in [6.45, 7) is 4.36. The molecule has 4 nitrogen and oxygen atoms in total. The summed E-state index contributed by atoms with van der Waals surface area (Å²) < 4.78 is 5.39. The molecule has 0 fully saturated rings. The highest BCUT2D eigenvalue weighted by Crippen LogP contribution is 2.31. The fraction of sp³-hybridized carbons (Fsp3) is 0.417. The van der Waals surface area contributed by atoms with Gasteiger partial charge in [0.2, 0.25) is 0 Å². The molecule has 0 radical (unpaired) electrons. The quantitative estimate of drug-likeness (QED) is 0.802. The maximum absolute atomic E-state index is 10.8. The minimum Gasteiger partial charge on any atom is -0.489 e. The Kier molecular flexibility index (Phi) is 2.73. The van der Waals surface area contributed by atoms with Crippen molar-refractivity contribution in [1.29, 1.82) is 0 Å². The van der Waals surface area contributed by atoms with Crippen molar-refractivity contribution in [3.8, 4) is 5.75 Å². The molecule has 0 saturated carbocycles. The van der Waals surface area contributed by atoms with E-state index in [1.54, 1.807) is 0 Å². The Morgan fingerprint density at radius 1 is 1.56 bits per heavy atom. The molecule has 4 heteroatoms. The Hall–Kier alpha value is -1.71. The lowest BCUT2D eigenvalue weighted by atomic mass is 10.0. The van der Waals surface area contributed by atoms with Gasteiger partial charge in [-0.05, 0) is 23.6 Å². The van der Waals surface area contributed by atoms with Gasteiger partial charge in [0, 0.05) is 0 Å². The van der Waals surface area contributed by atoms with Gasteiger partial charge in [-0.2, -0.15) is 0 Å². The molecule has 0 aromatic heterocycles. The van der Waals surface area contributed by atoms with E-state index in [0.717, 1.165) is 11.4 Å². The number of nitrogens with one attached hydrogen (secondary N) is 1. The van der Waals surface area contributed by atoms with Crippen molar-refractivity contribution >= 4 is 11.7 Å². The summed E-state index contributed by atoms with van der Waals surface area (Å²) in [5.74, 6) is 0.250. The van der Waals surface area contributed by atoms with E-state index >= 15 is 0 Å². The van der Waals surface area contributed by atoms with Gasteiger partial charge >= 0.3 is 5.97 Å². The molecule has 0 bridgehead atoms. The molecule has 1 unspecified atom stereocenters. The predicted octanol–water partition coefficient (Wildman–Crippen LogP) is 2.07. The largest absolute Gasteiger partial charge is 0.489 e. The number of hydrogen-bond acceptors (Lipinski definition) is 3. The minimum atomic E-state index is -0.888. The van der Waals surface area contributed by atoms with Crippen LogP contribution in [0, 0.1) is 0 Å². The van der Waals surface area contributed by atoms with Gasteiger partial charge in [0.05, 0.1) is 5.69 Å². The second kappa shape index (κ2) is 4.04. The number of anilines is 1. The van der Waals surface area contributed by atoms with Crippen LogP contribution >= 0.6 is 0 Å². The van der Waals surface area contributed by atoms with Crippen molar-refractivity contribution in [2.45, 2.75) is 25.8 Å². The van der Waals surface area contributed by atoms with Gasteiger partial charge in [0.15, 0.2) is 6.04 Å². The maximum atomic E-state index is 10.8. The van der Waals surface area contributed by atoms with Crippen LogP contribution in [0.25, 0.3) is 0 Å². The average Bonchev–Trinajstić information content (AvgIpc) is 2.27. The summed E-state index contributed by atoms with van der Waals surface area (Å²) >= 11 is 0. The number of benzene rings is 1. The summed E-state index contributed by atoms with van der Waals surface area (Å²) in [6, 6.07) is 5.19. The van der Waals surface area contributed by atoms with Crippen molar-refractivity contribution in [3.05, 3.63) is 23.8 Å². The molecule has 1 heterocycles. The normalized spacial score (nSPS) is 18.6. The summed E-state index contributed by atoms with van der Waals surface area (Å²) in [4.78, 5) is 10.8. The van der Waals surface area contributed by atoms with Gasteiger partial charge in [-0.3, -0.25) is 0 Å². The van der Waals surface area contributed by atoms with Gasteiger partial charge in [-0.15, -0.1) is 0 Å². The van der Waals surface area contributed by atoms with Crippen LogP contribution in [0.4, 0.5) is 5.69 Å². The molecule has 86 valence electrons. The van der Waals surface area contributed by atoms with Crippen LogP contribution in [0.1, 0.15) is 25.3 Å². The van der Waals surface area contributed by atoms with Crippen molar-refractivity contribution in [3.63, 3.8) is 0 Å². The maximum Gasteiger partial charge on any atom is 0.329 e. The topological polar surface area (TPSA) is 58.6 Å². The third-order valence-corrected chi connectivity index (χ3v) is 2.70. The molecule has 2 rings (SSSR count). The lowest BCUT2D eigenvalue weighted by Gasteiger charge is -2.25. The van der Waals surface area contributed by atoms with Gasteiger partial charge in [-0.1, -0.05) is 19.9 Å². The molecular formula is C12H15NO3. The number of carboxylic acids is 1. The summed E-state index contributed by atoms with van der Waals surface area (Å²) in [7, 11) is 0. The molecule has 1 atom stereocenters.